The number of rotatable bonds is 15. The molecule has 0 aliphatic carbocycles. The molecule has 0 saturated heterocycles. The molecule has 0 radical (unpaired) electrons. The van der Waals surface area contributed by atoms with Crippen molar-refractivity contribution in [2.75, 3.05) is 66.1 Å². The fraction of sp³-hybridized carbons (Fsp3) is 0.769. The molecule has 0 unspecified atom stereocenters. The van der Waals surface area contributed by atoms with Crippen molar-refractivity contribution in [2.24, 2.45) is 0 Å². The summed E-state index contributed by atoms with van der Waals surface area (Å²) in [6, 6.07) is 0. The van der Waals surface area contributed by atoms with Crippen LogP contribution in [0.5, 0.6) is 0 Å². The first-order valence-corrected chi connectivity index (χ1v) is 6.31. The molecule has 7 heteroatoms. The molecule has 0 rings (SSSR count). The zero-order chi connectivity index (χ0) is 14.9. The maximum Gasteiger partial charge on any atom is 0.329 e. The molecule has 0 aromatic heterocycles. The zero-order valence-electron chi connectivity index (χ0n) is 11.5. The molecular formula is C13H22O7. The van der Waals surface area contributed by atoms with Crippen LogP contribution in [0, 0.1) is 12.3 Å². The average molecular weight is 290 g/mol. The van der Waals surface area contributed by atoms with Gasteiger partial charge in [-0.05, 0) is 0 Å². The van der Waals surface area contributed by atoms with Crippen LogP contribution in [-0.2, 0) is 28.5 Å². The standard InChI is InChI=1S/C13H22O7/c1-2-3-16-4-5-17-6-7-18-8-9-19-10-11-20-12-13(14)15/h1H,3-12H2,(H,14,15). The summed E-state index contributed by atoms with van der Waals surface area (Å²) in [5.41, 5.74) is 0. The lowest BCUT2D eigenvalue weighted by molar-refractivity contribution is -0.142. The fourth-order valence-corrected chi connectivity index (χ4v) is 1.07. The molecule has 1 N–H and O–H groups in total. The molecule has 0 saturated carbocycles. The van der Waals surface area contributed by atoms with Crippen molar-refractivity contribution in [3.8, 4) is 12.3 Å². The highest BCUT2D eigenvalue weighted by Crippen LogP contribution is 1.83. The van der Waals surface area contributed by atoms with Gasteiger partial charge >= 0.3 is 5.97 Å². The molecule has 0 aromatic rings. The van der Waals surface area contributed by atoms with Crippen molar-refractivity contribution in [1.29, 1.82) is 0 Å². The molecule has 7 nitrogen and oxygen atoms in total. The Hall–Kier alpha value is -1.17. The van der Waals surface area contributed by atoms with Gasteiger partial charge in [0.2, 0.25) is 0 Å². The van der Waals surface area contributed by atoms with Gasteiger partial charge in [-0.25, -0.2) is 4.79 Å². The van der Waals surface area contributed by atoms with Gasteiger partial charge in [-0.15, -0.1) is 6.42 Å². The Morgan fingerprint density at radius 2 is 1.20 bits per heavy atom. The summed E-state index contributed by atoms with van der Waals surface area (Å²) in [5, 5.41) is 8.30. The number of hydrogen-bond donors (Lipinski definition) is 1. The topological polar surface area (TPSA) is 83.5 Å². The minimum absolute atomic E-state index is 0.257. The highest BCUT2D eigenvalue weighted by atomic mass is 16.6. The van der Waals surface area contributed by atoms with Crippen molar-refractivity contribution in [1.82, 2.24) is 0 Å². The SMILES string of the molecule is C#CCOCCOCCOCCOCCOCC(=O)O. The lowest BCUT2D eigenvalue weighted by atomic mass is 10.6. The van der Waals surface area contributed by atoms with E-state index in [1.807, 2.05) is 0 Å². The largest absolute Gasteiger partial charge is 0.480 e. The molecule has 0 fully saturated rings. The van der Waals surface area contributed by atoms with Crippen LogP contribution in [0.2, 0.25) is 0 Å². The minimum Gasteiger partial charge on any atom is -0.480 e. The molecule has 0 bridgehead atoms. The Bertz CT molecular complexity index is 262. The molecule has 0 aliphatic heterocycles. The summed E-state index contributed by atoms with van der Waals surface area (Å²) in [6.07, 6.45) is 5.01. The van der Waals surface area contributed by atoms with E-state index >= 15 is 0 Å². The first kappa shape index (κ1) is 18.8. The maximum absolute atomic E-state index is 10.1. The van der Waals surface area contributed by atoms with E-state index in [0.29, 0.717) is 52.9 Å². The molecule has 0 amide bonds. The molecule has 0 heterocycles. The highest BCUT2D eigenvalue weighted by Gasteiger charge is 1.96. The number of terminal acetylenes is 1. The van der Waals surface area contributed by atoms with E-state index in [2.05, 4.69) is 5.92 Å². The summed E-state index contributed by atoms with van der Waals surface area (Å²) in [7, 11) is 0. The molecule has 0 aliphatic rings. The van der Waals surface area contributed by atoms with Gasteiger partial charge in [0, 0.05) is 0 Å². The van der Waals surface area contributed by atoms with E-state index in [1.54, 1.807) is 0 Å². The predicted molar refractivity (Wildman–Crippen MR) is 70.6 cm³/mol. The summed E-state index contributed by atoms with van der Waals surface area (Å²) >= 11 is 0. The van der Waals surface area contributed by atoms with Gasteiger partial charge < -0.3 is 28.8 Å². The number of carbonyl (C=O) groups is 1. The van der Waals surface area contributed by atoms with E-state index in [4.69, 9.17) is 35.2 Å². The quantitative estimate of drug-likeness (QED) is 0.330. The zero-order valence-corrected chi connectivity index (χ0v) is 11.5. The first-order valence-electron chi connectivity index (χ1n) is 6.31. The van der Waals surface area contributed by atoms with Crippen molar-refractivity contribution in [3.63, 3.8) is 0 Å². The smallest absolute Gasteiger partial charge is 0.329 e. The maximum atomic E-state index is 10.1. The van der Waals surface area contributed by atoms with E-state index in [1.165, 1.54) is 0 Å². The average Bonchev–Trinajstić information content (AvgIpc) is 2.43. The summed E-state index contributed by atoms with van der Waals surface area (Å²) in [4.78, 5) is 10.1. The van der Waals surface area contributed by atoms with Crippen LogP contribution in [0.3, 0.4) is 0 Å². The summed E-state index contributed by atoms with van der Waals surface area (Å²) in [5.74, 6) is 1.37. The van der Waals surface area contributed by atoms with Crippen molar-refractivity contribution in [3.05, 3.63) is 0 Å². The van der Waals surface area contributed by atoms with Crippen molar-refractivity contribution >= 4 is 5.97 Å². The van der Waals surface area contributed by atoms with Gasteiger partial charge in [-0.1, -0.05) is 5.92 Å². The van der Waals surface area contributed by atoms with E-state index < -0.39 is 5.97 Å². The van der Waals surface area contributed by atoms with Gasteiger partial charge in [0.1, 0.15) is 13.2 Å². The van der Waals surface area contributed by atoms with Gasteiger partial charge in [-0.2, -0.15) is 0 Å². The van der Waals surface area contributed by atoms with E-state index in [-0.39, 0.29) is 13.2 Å². The molecule has 0 aromatic carbocycles. The molecule has 0 spiro atoms. The van der Waals surface area contributed by atoms with Gasteiger partial charge in [-0.3, -0.25) is 0 Å². The third-order valence-electron chi connectivity index (χ3n) is 1.90. The lowest BCUT2D eigenvalue weighted by Gasteiger charge is -2.07. The third-order valence-corrected chi connectivity index (χ3v) is 1.90. The second-order valence-corrected chi connectivity index (χ2v) is 3.54. The highest BCUT2D eigenvalue weighted by molar-refractivity contribution is 5.67. The van der Waals surface area contributed by atoms with Gasteiger partial charge in [0.25, 0.3) is 0 Å². The first-order chi connectivity index (χ1) is 9.77. The van der Waals surface area contributed by atoms with Crippen LogP contribution in [0.1, 0.15) is 0 Å². The second kappa shape index (κ2) is 15.9. The number of hydrogen-bond acceptors (Lipinski definition) is 6. The molecular weight excluding hydrogens is 268 g/mol. The Kier molecular flexibility index (Phi) is 15.0. The molecule has 20 heavy (non-hydrogen) atoms. The number of ether oxygens (including phenoxy) is 5. The second-order valence-electron chi connectivity index (χ2n) is 3.54. The number of aliphatic carboxylic acids is 1. The fourth-order valence-electron chi connectivity index (χ4n) is 1.07. The van der Waals surface area contributed by atoms with Crippen LogP contribution in [0.4, 0.5) is 0 Å². The van der Waals surface area contributed by atoms with Crippen molar-refractivity contribution < 1.29 is 33.6 Å². The van der Waals surface area contributed by atoms with E-state index in [9.17, 15) is 4.79 Å². The van der Waals surface area contributed by atoms with Crippen LogP contribution in [0.25, 0.3) is 0 Å². The predicted octanol–water partition coefficient (Wildman–Crippen LogP) is -0.213. The summed E-state index contributed by atoms with van der Waals surface area (Å²) in [6.45, 7) is 3.42. The van der Waals surface area contributed by atoms with Gasteiger partial charge in [0.05, 0.1) is 52.9 Å². The van der Waals surface area contributed by atoms with Gasteiger partial charge in [0.15, 0.2) is 0 Å². The van der Waals surface area contributed by atoms with Crippen LogP contribution < -0.4 is 0 Å². The lowest BCUT2D eigenvalue weighted by Crippen LogP contribution is -2.14. The molecule has 116 valence electrons. The Balaban J connectivity index is 2.96. The van der Waals surface area contributed by atoms with E-state index in [0.717, 1.165) is 0 Å². The van der Waals surface area contributed by atoms with Crippen LogP contribution >= 0.6 is 0 Å². The van der Waals surface area contributed by atoms with Crippen LogP contribution in [-0.4, -0.2) is 77.1 Å². The number of carboxylic acid groups (broad SMARTS) is 1. The molecule has 0 atom stereocenters. The Morgan fingerprint density at radius 3 is 1.60 bits per heavy atom. The van der Waals surface area contributed by atoms with Crippen LogP contribution in [0.15, 0.2) is 0 Å². The minimum atomic E-state index is -0.988. The monoisotopic (exact) mass is 290 g/mol. The summed E-state index contributed by atoms with van der Waals surface area (Å²) < 4.78 is 25.4. The normalized spacial score (nSPS) is 10.3. The number of carboxylic acids is 1. The Morgan fingerprint density at radius 1 is 0.800 bits per heavy atom. The van der Waals surface area contributed by atoms with Crippen molar-refractivity contribution in [2.45, 2.75) is 0 Å². The Labute approximate surface area is 119 Å². The third kappa shape index (κ3) is 16.8.